The summed E-state index contributed by atoms with van der Waals surface area (Å²) in [7, 11) is -3.94. The first-order valence-corrected chi connectivity index (χ1v) is 12.0. The van der Waals surface area contributed by atoms with Crippen LogP contribution in [0.3, 0.4) is 0 Å². The summed E-state index contributed by atoms with van der Waals surface area (Å²) >= 11 is 0. The summed E-state index contributed by atoms with van der Waals surface area (Å²) in [6, 6.07) is 18.1. The zero-order valence-electron chi connectivity index (χ0n) is 16.5. The highest BCUT2D eigenvalue weighted by atomic mass is 31.2. The van der Waals surface area contributed by atoms with Crippen LogP contribution in [-0.4, -0.2) is 0 Å². The lowest BCUT2D eigenvalue weighted by molar-refractivity contribution is -0.0491. The van der Waals surface area contributed by atoms with Crippen LogP contribution in [0.2, 0.25) is 0 Å². The topological polar surface area (TPSA) is 44.8 Å². The summed E-state index contributed by atoms with van der Waals surface area (Å²) < 4.78 is 31.4. The zero-order valence-corrected chi connectivity index (χ0v) is 17.4. The molecule has 0 saturated heterocycles. The van der Waals surface area contributed by atoms with E-state index in [0.717, 1.165) is 37.0 Å². The summed E-state index contributed by atoms with van der Waals surface area (Å²) in [4.78, 5) is 0. The smallest absolute Gasteiger partial charge is 0.390 e. The van der Waals surface area contributed by atoms with Gasteiger partial charge in [0, 0.05) is 5.41 Å². The molecule has 4 aliphatic rings. The summed E-state index contributed by atoms with van der Waals surface area (Å²) in [5, 5.41) is 0. The maximum Gasteiger partial charge on any atom is 0.646 e. The molecule has 4 aliphatic carbocycles. The van der Waals surface area contributed by atoms with E-state index in [-0.39, 0.29) is 5.41 Å². The van der Waals surface area contributed by atoms with Crippen molar-refractivity contribution in [2.45, 2.75) is 38.5 Å². The van der Waals surface area contributed by atoms with Gasteiger partial charge in [-0.05, 0) is 80.5 Å². The minimum atomic E-state index is -3.94. The number of para-hydroxylation sites is 2. The Kier molecular flexibility index (Phi) is 4.70. The fraction of sp³-hybridized carbons (Fsp3) is 0.417. The van der Waals surface area contributed by atoms with Gasteiger partial charge < -0.3 is 13.6 Å². The highest BCUT2D eigenvalue weighted by molar-refractivity contribution is 7.49. The van der Waals surface area contributed by atoms with Crippen LogP contribution in [0, 0.1) is 23.2 Å². The molecule has 4 nitrogen and oxygen atoms in total. The van der Waals surface area contributed by atoms with Crippen molar-refractivity contribution in [3.8, 4) is 11.5 Å². The molecule has 0 spiro atoms. The molecule has 0 aromatic heterocycles. The van der Waals surface area contributed by atoms with Crippen LogP contribution in [0.5, 0.6) is 11.5 Å². The van der Waals surface area contributed by atoms with Gasteiger partial charge >= 0.3 is 7.82 Å². The van der Waals surface area contributed by atoms with Crippen LogP contribution in [0.4, 0.5) is 0 Å². The molecule has 0 atom stereocenters. The number of hydrogen-bond donors (Lipinski definition) is 0. The molecule has 4 fully saturated rings. The van der Waals surface area contributed by atoms with Gasteiger partial charge in [-0.25, -0.2) is 0 Å². The molecular formula is C24H27O4P. The Bertz CT molecular complexity index is 844. The Balaban J connectivity index is 1.40. The second-order valence-electron chi connectivity index (χ2n) is 8.97. The average molecular weight is 410 g/mol. The second kappa shape index (κ2) is 7.25. The van der Waals surface area contributed by atoms with E-state index in [1.807, 2.05) is 36.4 Å². The number of phosphoric acid groups is 1. The fourth-order valence-corrected chi connectivity index (χ4v) is 7.30. The molecule has 29 heavy (non-hydrogen) atoms. The van der Waals surface area contributed by atoms with Crippen molar-refractivity contribution in [1.82, 2.24) is 0 Å². The zero-order chi connectivity index (χ0) is 19.9. The molecule has 0 amide bonds. The van der Waals surface area contributed by atoms with E-state index < -0.39 is 7.82 Å². The third kappa shape index (κ3) is 3.83. The first kappa shape index (κ1) is 18.8. The standard InChI is InChI=1S/C24H27O4P/c1-18(24-15-19-12-20(16-24)14-21(13-19)17-24)26-29(25,27-22-8-4-2-5-9-22)28-23-10-6-3-7-11-23/h2-11,19-21H,1,12-17H2. The van der Waals surface area contributed by atoms with E-state index >= 15 is 0 Å². The van der Waals surface area contributed by atoms with Gasteiger partial charge in [-0.2, -0.15) is 4.57 Å². The third-order valence-corrected chi connectivity index (χ3v) is 8.09. The van der Waals surface area contributed by atoms with E-state index in [0.29, 0.717) is 17.3 Å². The second-order valence-corrected chi connectivity index (χ2v) is 10.4. The number of hydrogen-bond acceptors (Lipinski definition) is 4. The predicted molar refractivity (Wildman–Crippen MR) is 113 cm³/mol. The highest BCUT2D eigenvalue weighted by Gasteiger charge is 2.54. The van der Waals surface area contributed by atoms with Crippen molar-refractivity contribution < 1.29 is 18.1 Å². The van der Waals surface area contributed by atoms with Gasteiger partial charge in [0.15, 0.2) is 0 Å². The molecular weight excluding hydrogens is 383 g/mol. The first-order chi connectivity index (χ1) is 14.0. The highest BCUT2D eigenvalue weighted by Crippen LogP contribution is 2.65. The Morgan fingerprint density at radius 3 is 1.62 bits per heavy atom. The van der Waals surface area contributed by atoms with Gasteiger partial charge in [0.2, 0.25) is 0 Å². The average Bonchev–Trinajstić information content (AvgIpc) is 2.68. The van der Waals surface area contributed by atoms with Crippen LogP contribution >= 0.6 is 7.82 Å². The molecule has 0 aliphatic heterocycles. The predicted octanol–water partition coefficient (Wildman–Crippen LogP) is 7.00. The summed E-state index contributed by atoms with van der Waals surface area (Å²) in [6.07, 6.45) is 7.21. The van der Waals surface area contributed by atoms with Crippen molar-refractivity contribution in [3.63, 3.8) is 0 Å². The quantitative estimate of drug-likeness (QED) is 0.364. The summed E-state index contributed by atoms with van der Waals surface area (Å²) in [5.41, 5.74) is -0.0928. The van der Waals surface area contributed by atoms with Gasteiger partial charge in [-0.3, -0.25) is 0 Å². The molecule has 2 aromatic rings. The number of benzene rings is 2. The van der Waals surface area contributed by atoms with Crippen LogP contribution in [0.15, 0.2) is 73.0 Å². The van der Waals surface area contributed by atoms with Crippen molar-refractivity contribution in [2.75, 3.05) is 0 Å². The Morgan fingerprint density at radius 2 is 1.21 bits per heavy atom. The molecule has 152 valence electrons. The van der Waals surface area contributed by atoms with E-state index in [1.54, 1.807) is 24.3 Å². The summed E-state index contributed by atoms with van der Waals surface area (Å²) in [6.45, 7) is 4.26. The van der Waals surface area contributed by atoms with Crippen molar-refractivity contribution in [1.29, 1.82) is 0 Å². The minimum Gasteiger partial charge on any atom is -0.390 e. The molecule has 2 aromatic carbocycles. The lowest BCUT2D eigenvalue weighted by atomic mass is 9.49. The molecule has 0 N–H and O–H groups in total. The Labute approximate surface area is 172 Å². The van der Waals surface area contributed by atoms with Gasteiger partial charge in [0.1, 0.15) is 17.3 Å². The van der Waals surface area contributed by atoms with Gasteiger partial charge in [0.25, 0.3) is 0 Å². The number of rotatable bonds is 7. The van der Waals surface area contributed by atoms with Crippen molar-refractivity contribution >= 4 is 7.82 Å². The molecule has 4 saturated carbocycles. The maximum absolute atomic E-state index is 13.7. The van der Waals surface area contributed by atoms with Crippen molar-refractivity contribution in [3.05, 3.63) is 73.0 Å². The van der Waals surface area contributed by atoms with E-state index in [1.165, 1.54) is 19.3 Å². The molecule has 6 rings (SSSR count). The van der Waals surface area contributed by atoms with E-state index in [9.17, 15) is 4.57 Å². The molecule has 5 heteroatoms. The lowest BCUT2D eigenvalue weighted by Crippen LogP contribution is -2.47. The number of phosphoric ester groups is 1. The lowest BCUT2D eigenvalue weighted by Gasteiger charge is -2.56. The largest absolute Gasteiger partial charge is 0.646 e. The summed E-state index contributed by atoms with van der Waals surface area (Å²) in [5.74, 6) is 3.70. The van der Waals surface area contributed by atoms with E-state index in [4.69, 9.17) is 13.6 Å². The monoisotopic (exact) mass is 410 g/mol. The number of allylic oxidation sites excluding steroid dienone is 1. The Hall–Kier alpha value is -2.19. The Morgan fingerprint density at radius 1 is 0.793 bits per heavy atom. The minimum absolute atomic E-state index is 0.0928. The van der Waals surface area contributed by atoms with Gasteiger partial charge in [-0.15, -0.1) is 0 Å². The third-order valence-electron chi connectivity index (χ3n) is 6.77. The first-order valence-electron chi connectivity index (χ1n) is 10.5. The molecule has 0 radical (unpaired) electrons. The molecule has 4 bridgehead atoms. The van der Waals surface area contributed by atoms with Crippen LogP contribution < -0.4 is 9.05 Å². The van der Waals surface area contributed by atoms with Crippen molar-refractivity contribution in [2.24, 2.45) is 23.2 Å². The van der Waals surface area contributed by atoms with E-state index in [2.05, 4.69) is 6.58 Å². The molecule has 0 unspecified atom stereocenters. The van der Waals surface area contributed by atoms with Crippen LogP contribution in [0.25, 0.3) is 0 Å². The normalized spacial score (nSPS) is 30.0. The van der Waals surface area contributed by atoms with Gasteiger partial charge in [0.05, 0.1) is 0 Å². The van der Waals surface area contributed by atoms with Crippen LogP contribution in [-0.2, 0) is 9.09 Å². The maximum atomic E-state index is 13.7. The van der Waals surface area contributed by atoms with Gasteiger partial charge in [-0.1, -0.05) is 43.0 Å². The SMILES string of the molecule is C=C(OP(=O)(Oc1ccccc1)Oc1ccccc1)C12CC3CC(CC(C3)C1)C2. The van der Waals surface area contributed by atoms with Crippen LogP contribution in [0.1, 0.15) is 38.5 Å². The molecule has 0 heterocycles. The fourth-order valence-electron chi connectivity index (χ4n) is 5.96.